The van der Waals surface area contributed by atoms with Crippen LogP contribution in [0.3, 0.4) is 0 Å². The molecule has 8 nitrogen and oxygen atoms in total. The van der Waals surface area contributed by atoms with Gasteiger partial charge in [0.15, 0.2) is 0 Å². The van der Waals surface area contributed by atoms with E-state index in [1.54, 1.807) is 0 Å². The third-order valence-electron chi connectivity index (χ3n) is 3.34. The number of fused-ring (bicyclic) bond motifs is 3. The van der Waals surface area contributed by atoms with E-state index in [-0.39, 0.29) is 10.9 Å². The molecule has 1 aromatic heterocycles. The average Bonchev–Trinajstić information content (AvgIpc) is 2.44. The summed E-state index contributed by atoms with van der Waals surface area (Å²) in [6, 6.07) is 6.72. The second-order valence-electron chi connectivity index (χ2n) is 4.78. The van der Waals surface area contributed by atoms with Crippen molar-refractivity contribution in [3.05, 3.63) is 46.8 Å². The van der Waals surface area contributed by atoms with Gasteiger partial charge in [-0.3, -0.25) is 4.79 Å². The predicted octanol–water partition coefficient (Wildman–Crippen LogP) is 0.489. The summed E-state index contributed by atoms with van der Waals surface area (Å²) in [6.07, 6.45) is 0. The molecule has 0 saturated heterocycles. The Bertz CT molecular complexity index is 1220. The lowest BCUT2D eigenvalue weighted by Crippen LogP contribution is -2.09. The van der Waals surface area contributed by atoms with Gasteiger partial charge in [0.05, 0.1) is 15.3 Å². The predicted molar refractivity (Wildman–Crippen MR) is 78.0 cm³/mol. The molecule has 0 fully saturated rings. The molecule has 23 heavy (non-hydrogen) atoms. The molecule has 0 radical (unpaired) electrons. The Labute approximate surface area is 129 Å². The average molecular weight is 353 g/mol. The first kappa shape index (κ1) is 15.6. The van der Waals surface area contributed by atoms with Crippen LogP contribution in [0.15, 0.2) is 51.0 Å². The fraction of sp³-hybridized carbons (Fsp3) is 0. The van der Waals surface area contributed by atoms with Crippen molar-refractivity contribution in [1.82, 2.24) is 4.98 Å². The van der Waals surface area contributed by atoms with Crippen molar-refractivity contribution in [2.45, 2.75) is 9.79 Å². The highest BCUT2D eigenvalue weighted by Crippen LogP contribution is 2.25. The highest BCUT2D eigenvalue weighted by atomic mass is 32.2. The van der Waals surface area contributed by atoms with Crippen molar-refractivity contribution in [2.24, 2.45) is 0 Å². The van der Waals surface area contributed by atoms with Crippen molar-refractivity contribution in [3.8, 4) is 0 Å². The zero-order valence-corrected chi connectivity index (χ0v) is 12.8. The zero-order valence-electron chi connectivity index (χ0n) is 11.1. The molecule has 3 rings (SSSR count). The first-order valence-corrected chi connectivity index (χ1v) is 8.90. The molecule has 1 N–H and O–H groups in total. The van der Waals surface area contributed by atoms with E-state index >= 15 is 0 Å². The van der Waals surface area contributed by atoms with Crippen molar-refractivity contribution >= 4 is 41.9 Å². The summed E-state index contributed by atoms with van der Waals surface area (Å²) < 4.78 is 66.2. The topological polar surface area (TPSA) is 147 Å². The standard InChI is InChI=1S/C13H9NO7S2/c15-13-11-5-7(22(16,17)18)1-3-9(11)10-4-2-8(23(19,20)21)6-12(10)14-13/h1-6H,(H,14,15)(H,16,17,18)(H,19,20,21)/p-2. The van der Waals surface area contributed by atoms with Crippen LogP contribution in [0, 0.1) is 0 Å². The van der Waals surface area contributed by atoms with E-state index in [2.05, 4.69) is 4.98 Å². The largest absolute Gasteiger partial charge is 0.744 e. The van der Waals surface area contributed by atoms with Crippen LogP contribution in [-0.4, -0.2) is 30.9 Å². The molecular weight excluding hydrogens is 346 g/mol. The number of nitrogens with one attached hydrogen (secondary N) is 1. The maximum absolute atomic E-state index is 12.1. The molecule has 0 atom stereocenters. The fourth-order valence-corrected chi connectivity index (χ4v) is 3.30. The van der Waals surface area contributed by atoms with Crippen LogP contribution in [-0.2, 0) is 20.2 Å². The molecule has 1 heterocycles. The lowest BCUT2D eigenvalue weighted by Gasteiger charge is -2.11. The quantitative estimate of drug-likeness (QED) is 0.520. The van der Waals surface area contributed by atoms with E-state index < -0.39 is 35.6 Å². The Morgan fingerprint density at radius 1 is 0.739 bits per heavy atom. The van der Waals surface area contributed by atoms with E-state index in [9.17, 15) is 30.7 Å². The third kappa shape index (κ3) is 2.72. The normalized spacial score (nSPS) is 12.8. The van der Waals surface area contributed by atoms with E-state index in [4.69, 9.17) is 0 Å². The Hall–Kier alpha value is -2.27. The van der Waals surface area contributed by atoms with Gasteiger partial charge in [-0.1, -0.05) is 12.1 Å². The lowest BCUT2D eigenvalue weighted by molar-refractivity contribution is 0.461. The first-order chi connectivity index (χ1) is 10.6. The van der Waals surface area contributed by atoms with Crippen molar-refractivity contribution in [2.75, 3.05) is 0 Å². The number of H-pyrrole nitrogens is 1. The molecule has 0 amide bonds. The van der Waals surface area contributed by atoms with Crippen LogP contribution in [0.5, 0.6) is 0 Å². The van der Waals surface area contributed by atoms with Gasteiger partial charge in [0.25, 0.3) is 5.56 Å². The molecule has 2 aromatic carbocycles. The van der Waals surface area contributed by atoms with Gasteiger partial charge in [-0.05, 0) is 29.7 Å². The highest BCUT2D eigenvalue weighted by molar-refractivity contribution is 7.86. The number of hydrogen-bond donors (Lipinski definition) is 1. The minimum Gasteiger partial charge on any atom is -0.744 e. The summed E-state index contributed by atoms with van der Waals surface area (Å²) in [5.74, 6) is 0. The van der Waals surface area contributed by atoms with Gasteiger partial charge < -0.3 is 14.1 Å². The van der Waals surface area contributed by atoms with Crippen LogP contribution in [0.1, 0.15) is 0 Å². The van der Waals surface area contributed by atoms with Crippen LogP contribution >= 0.6 is 0 Å². The van der Waals surface area contributed by atoms with Gasteiger partial charge in [-0.25, -0.2) is 16.8 Å². The zero-order chi connectivity index (χ0) is 17.0. The summed E-state index contributed by atoms with van der Waals surface area (Å²) in [7, 11) is -9.39. The van der Waals surface area contributed by atoms with Gasteiger partial charge in [-0.2, -0.15) is 0 Å². The van der Waals surface area contributed by atoms with E-state index in [1.165, 1.54) is 12.1 Å². The minimum atomic E-state index is -4.71. The number of pyridine rings is 1. The van der Waals surface area contributed by atoms with Gasteiger partial charge in [0.2, 0.25) is 0 Å². The second kappa shape index (κ2) is 4.86. The molecule has 0 spiro atoms. The molecule has 0 unspecified atom stereocenters. The van der Waals surface area contributed by atoms with Gasteiger partial charge >= 0.3 is 0 Å². The molecule has 0 saturated carbocycles. The molecule has 10 heteroatoms. The number of aromatic nitrogens is 1. The lowest BCUT2D eigenvalue weighted by atomic mass is 10.1. The molecule has 0 aliphatic carbocycles. The van der Waals surface area contributed by atoms with Crippen LogP contribution in [0.4, 0.5) is 0 Å². The number of hydrogen-bond acceptors (Lipinski definition) is 7. The van der Waals surface area contributed by atoms with Gasteiger partial charge in [-0.15, -0.1) is 0 Å². The van der Waals surface area contributed by atoms with Crippen molar-refractivity contribution in [1.29, 1.82) is 0 Å². The van der Waals surface area contributed by atoms with E-state index in [0.717, 1.165) is 24.3 Å². The summed E-state index contributed by atoms with van der Waals surface area (Å²) in [5, 5.41) is 0.694. The molecule has 0 aliphatic rings. The van der Waals surface area contributed by atoms with Crippen LogP contribution in [0.2, 0.25) is 0 Å². The molecular formula is C13H7NO7S2-2. The van der Waals surface area contributed by atoms with Crippen molar-refractivity contribution in [3.63, 3.8) is 0 Å². The van der Waals surface area contributed by atoms with Gasteiger partial charge in [0, 0.05) is 10.8 Å². The summed E-state index contributed by atoms with van der Waals surface area (Å²) >= 11 is 0. The maximum atomic E-state index is 12.1. The molecule has 120 valence electrons. The minimum absolute atomic E-state index is 0.0350. The van der Waals surface area contributed by atoms with E-state index in [0.29, 0.717) is 10.8 Å². The second-order valence-corrected chi connectivity index (χ2v) is 7.54. The Morgan fingerprint density at radius 2 is 1.26 bits per heavy atom. The Balaban J connectivity index is 2.43. The summed E-state index contributed by atoms with van der Waals surface area (Å²) in [4.78, 5) is 13.4. The molecule has 0 aliphatic heterocycles. The molecule has 3 aromatic rings. The van der Waals surface area contributed by atoms with Crippen LogP contribution < -0.4 is 5.56 Å². The first-order valence-electron chi connectivity index (χ1n) is 6.09. The fourth-order valence-electron chi connectivity index (χ4n) is 2.31. The smallest absolute Gasteiger partial charge is 0.256 e. The SMILES string of the molecule is O=c1[nH]c2cc(S(=O)(=O)[O-])ccc2c2ccc(S(=O)(=O)[O-])cc12. The van der Waals surface area contributed by atoms with Crippen molar-refractivity contribution < 1.29 is 25.9 Å². The van der Waals surface area contributed by atoms with Gasteiger partial charge in [0.1, 0.15) is 20.2 Å². The Kier molecular flexibility index (Phi) is 3.30. The summed E-state index contributed by atoms with van der Waals surface area (Å²) in [6.45, 7) is 0. The van der Waals surface area contributed by atoms with E-state index in [1.807, 2.05) is 0 Å². The third-order valence-corrected chi connectivity index (χ3v) is 5.00. The number of rotatable bonds is 2. The number of benzene rings is 2. The maximum Gasteiger partial charge on any atom is 0.256 e. The van der Waals surface area contributed by atoms with Crippen LogP contribution in [0.25, 0.3) is 21.7 Å². The molecule has 0 bridgehead atoms. The monoisotopic (exact) mass is 353 g/mol. The Morgan fingerprint density at radius 3 is 1.83 bits per heavy atom. The number of aromatic amines is 1. The highest BCUT2D eigenvalue weighted by Gasteiger charge is 2.10. The summed E-state index contributed by atoms with van der Waals surface area (Å²) in [5.41, 5.74) is -0.601.